The molecule has 122 valence electrons. The van der Waals surface area contributed by atoms with Crippen LogP contribution >= 0.6 is 0 Å². The summed E-state index contributed by atoms with van der Waals surface area (Å²) in [6.45, 7) is 0.168. The van der Waals surface area contributed by atoms with E-state index in [0.29, 0.717) is 25.9 Å². The molecule has 2 amide bonds. The molecule has 2 N–H and O–H groups in total. The van der Waals surface area contributed by atoms with Crippen LogP contribution in [0.3, 0.4) is 0 Å². The molecule has 1 heterocycles. The lowest BCUT2D eigenvalue weighted by Gasteiger charge is -2.36. The molecule has 7 heteroatoms. The van der Waals surface area contributed by atoms with Crippen molar-refractivity contribution in [1.82, 2.24) is 15.5 Å². The molecule has 1 aliphatic heterocycles. The maximum Gasteiger partial charge on any atom is 0.406 e. The molecule has 0 aromatic rings. The fourth-order valence-electron chi connectivity index (χ4n) is 3.18. The number of nitrogens with zero attached hydrogens (tertiary/aromatic N) is 1. The Labute approximate surface area is 123 Å². The van der Waals surface area contributed by atoms with Crippen LogP contribution in [0.5, 0.6) is 0 Å². The predicted molar refractivity (Wildman–Crippen MR) is 74.1 cm³/mol. The van der Waals surface area contributed by atoms with Crippen molar-refractivity contribution < 1.29 is 18.0 Å². The van der Waals surface area contributed by atoms with E-state index in [0.717, 1.165) is 37.0 Å². The van der Waals surface area contributed by atoms with Gasteiger partial charge in [0, 0.05) is 12.1 Å². The van der Waals surface area contributed by atoms with Gasteiger partial charge in [-0.1, -0.05) is 19.3 Å². The third-order valence-electron chi connectivity index (χ3n) is 4.29. The number of carbonyl (C=O) groups excluding carboxylic acids is 1. The third-order valence-corrected chi connectivity index (χ3v) is 4.29. The summed E-state index contributed by atoms with van der Waals surface area (Å²) < 4.78 is 38.3. The van der Waals surface area contributed by atoms with Crippen LogP contribution in [0, 0.1) is 0 Å². The zero-order valence-corrected chi connectivity index (χ0v) is 12.2. The van der Waals surface area contributed by atoms with Crippen molar-refractivity contribution in [2.75, 3.05) is 19.6 Å². The van der Waals surface area contributed by atoms with Gasteiger partial charge in [0.25, 0.3) is 0 Å². The lowest BCUT2D eigenvalue weighted by Crippen LogP contribution is -2.54. The standard InChI is InChI=1S/C14H24F3N3O/c15-14(16,17)10-20(12-6-8-18-9-7-12)13(21)19-11-4-2-1-3-5-11/h11-12,18H,1-10H2,(H,19,21). The van der Waals surface area contributed by atoms with Gasteiger partial charge in [0.15, 0.2) is 0 Å². The summed E-state index contributed by atoms with van der Waals surface area (Å²) in [5.74, 6) is 0. The Kier molecular flexibility index (Phi) is 5.72. The normalized spacial score (nSPS) is 22.0. The van der Waals surface area contributed by atoms with Crippen LogP contribution in [0.25, 0.3) is 0 Å². The number of alkyl halides is 3. The molecular weight excluding hydrogens is 283 g/mol. The van der Waals surface area contributed by atoms with Crippen molar-refractivity contribution in [2.45, 2.75) is 63.2 Å². The van der Waals surface area contributed by atoms with Crippen LogP contribution in [0.4, 0.5) is 18.0 Å². The van der Waals surface area contributed by atoms with Gasteiger partial charge in [0.05, 0.1) is 0 Å². The lowest BCUT2D eigenvalue weighted by atomic mass is 9.95. The molecule has 0 bridgehead atoms. The van der Waals surface area contributed by atoms with E-state index >= 15 is 0 Å². The summed E-state index contributed by atoms with van der Waals surface area (Å²) in [4.78, 5) is 13.3. The molecule has 1 aliphatic carbocycles. The Morgan fingerprint density at radius 3 is 2.29 bits per heavy atom. The van der Waals surface area contributed by atoms with Gasteiger partial charge in [0.1, 0.15) is 6.54 Å². The van der Waals surface area contributed by atoms with Gasteiger partial charge in [-0.2, -0.15) is 13.2 Å². The highest BCUT2D eigenvalue weighted by atomic mass is 19.4. The van der Waals surface area contributed by atoms with Crippen LogP contribution in [0.2, 0.25) is 0 Å². The van der Waals surface area contributed by atoms with E-state index < -0.39 is 18.8 Å². The lowest BCUT2D eigenvalue weighted by molar-refractivity contribution is -0.144. The summed E-state index contributed by atoms with van der Waals surface area (Å²) in [5, 5.41) is 5.92. The van der Waals surface area contributed by atoms with Gasteiger partial charge in [-0.3, -0.25) is 0 Å². The van der Waals surface area contributed by atoms with Crippen LogP contribution in [-0.2, 0) is 0 Å². The number of carbonyl (C=O) groups is 1. The molecule has 1 saturated heterocycles. The molecule has 0 unspecified atom stereocenters. The maximum atomic E-state index is 12.8. The number of halogens is 3. The van der Waals surface area contributed by atoms with E-state index in [4.69, 9.17) is 0 Å². The van der Waals surface area contributed by atoms with E-state index in [1.54, 1.807) is 0 Å². The third kappa shape index (κ3) is 5.37. The number of amides is 2. The number of urea groups is 1. The van der Waals surface area contributed by atoms with Crippen molar-refractivity contribution in [2.24, 2.45) is 0 Å². The fourth-order valence-corrected chi connectivity index (χ4v) is 3.18. The van der Waals surface area contributed by atoms with Crippen molar-refractivity contribution in [3.05, 3.63) is 0 Å². The van der Waals surface area contributed by atoms with Gasteiger partial charge >= 0.3 is 12.2 Å². The zero-order valence-electron chi connectivity index (χ0n) is 12.2. The SMILES string of the molecule is O=C(NC1CCCCC1)N(CC(F)(F)F)C1CCNCC1. The Morgan fingerprint density at radius 1 is 1.10 bits per heavy atom. The number of piperidine rings is 1. The van der Waals surface area contributed by atoms with Gasteiger partial charge in [-0.15, -0.1) is 0 Å². The molecule has 0 radical (unpaired) electrons. The molecule has 2 fully saturated rings. The van der Waals surface area contributed by atoms with Gasteiger partial charge in [-0.25, -0.2) is 4.79 Å². The molecule has 0 spiro atoms. The minimum absolute atomic E-state index is 0.0312. The minimum Gasteiger partial charge on any atom is -0.335 e. The first kappa shape index (κ1) is 16.4. The van der Waals surface area contributed by atoms with E-state index in [-0.39, 0.29) is 12.1 Å². The topological polar surface area (TPSA) is 44.4 Å². The Hall–Kier alpha value is -0.980. The van der Waals surface area contributed by atoms with Crippen molar-refractivity contribution in [3.8, 4) is 0 Å². The Balaban J connectivity index is 1.96. The molecular formula is C14H24F3N3O. The molecule has 2 rings (SSSR count). The van der Waals surface area contributed by atoms with Crippen molar-refractivity contribution in [1.29, 1.82) is 0 Å². The average Bonchev–Trinajstić information content (AvgIpc) is 2.46. The van der Waals surface area contributed by atoms with E-state index in [2.05, 4.69) is 10.6 Å². The van der Waals surface area contributed by atoms with Gasteiger partial charge < -0.3 is 15.5 Å². The first-order chi connectivity index (χ1) is 9.96. The van der Waals surface area contributed by atoms with E-state index in [9.17, 15) is 18.0 Å². The van der Waals surface area contributed by atoms with Crippen molar-refractivity contribution in [3.63, 3.8) is 0 Å². The second-order valence-corrected chi connectivity index (χ2v) is 6.01. The fraction of sp³-hybridized carbons (Fsp3) is 0.929. The Bertz CT molecular complexity index is 337. The van der Waals surface area contributed by atoms with Crippen LogP contribution in [-0.4, -0.2) is 48.8 Å². The second-order valence-electron chi connectivity index (χ2n) is 6.01. The van der Waals surface area contributed by atoms with Gasteiger partial charge in [-0.05, 0) is 38.8 Å². The van der Waals surface area contributed by atoms with Crippen molar-refractivity contribution >= 4 is 6.03 Å². The summed E-state index contributed by atoms with van der Waals surface area (Å²) in [7, 11) is 0. The minimum atomic E-state index is -4.35. The monoisotopic (exact) mass is 307 g/mol. The first-order valence-corrected chi connectivity index (χ1v) is 7.80. The summed E-state index contributed by atoms with van der Waals surface area (Å²) >= 11 is 0. The maximum absolute atomic E-state index is 12.8. The smallest absolute Gasteiger partial charge is 0.335 e. The zero-order chi connectivity index (χ0) is 15.3. The first-order valence-electron chi connectivity index (χ1n) is 7.80. The number of rotatable bonds is 3. The molecule has 0 aromatic carbocycles. The highest BCUT2D eigenvalue weighted by molar-refractivity contribution is 5.75. The van der Waals surface area contributed by atoms with Crippen LogP contribution < -0.4 is 10.6 Å². The molecule has 2 aliphatic rings. The molecule has 0 atom stereocenters. The molecule has 1 saturated carbocycles. The molecule has 4 nitrogen and oxygen atoms in total. The molecule has 21 heavy (non-hydrogen) atoms. The van der Waals surface area contributed by atoms with Gasteiger partial charge in [0.2, 0.25) is 0 Å². The second kappa shape index (κ2) is 7.33. The number of nitrogens with one attached hydrogen (secondary N) is 2. The highest BCUT2D eigenvalue weighted by Crippen LogP contribution is 2.23. The van der Waals surface area contributed by atoms with Crippen LogP contribution in [0.15, 0.2) is 0 Å². The summed E-state index contributed by atoms with van der Waals surface area (Å²) in [5.41, 5.74) is 0. The predicted octanol–water partition coefficient (Wildman–Crippen LogP) is 2.65. The van der Waals surface area contributed by atoms with E-state index in [1.807, 2.05) is 0 Å². The summed E-state index contributed by atoms with van der Waals surface area (Å²) in [6, 6.07) is -0.841. The average molecular weight is 307 g/mol. The quantitative estimate of drug-likeness (QED) is 0.842. The summed E-state index contributed by atoms with van der Waals surface area (Å²) in [6.07, 6.45) is 1.77. The Morgan fingerprint density at radius 2 is 1.71 bits per heavy atom. The largest absolute Gasteiger partial charge is 0.406 e. The van der Waals surface area contributed by atoms with E-state index in [1.165, 1.54) is 0 Å². The molecule has 0 aromatic heterocycles. The number of hydrogen-bond donors (Lipinski definition) is 2. The van der Waals surface area contributed by atoms with Crippen LogP contribution in [0.1, 0.15) is 44.9 Å². The highest BCUT2D eigenvalue weighted by Gasteiger charge is 2.37. The number of hydrogen-bond acceptors (Lipinski definition) is 2.